The fourth-order valence-electron chi connectivity index (χ4n) is 2.12. The van der Waals surface area contributed by atoms with Crippen molar-refractivity contribution >= 4 is 5.82 Å². The highest BCUT2D eigenvalue weighted by molar-refractivity contribution is 5.63. The molecule has 0 aliphatic carbocycles. The molecule has 0 aromatic carbocycles. The van der Waals surface area contributed by atoms with Crippen molar-refractivity contribution in [1.29, 1.82) is 0 Å². The largest absolute Gasteiger partial charge is 0.469 e. The van der Waals surface area contributed by atoms with E-state index < -0.39 is 0 Å². The van der Waals surface area contributed by atoms with Gasteiger partial charge in [-0.2, -0.15) is 5.10 Å². The number of nitrogens with two attached hydrogens (primary N) is 1. The number of hydrogen-bond donors (Lipinski definition) is 1. The normalized spacial score (nSPS) is 11.3. The number of aromatic nitrogens is 2. The number of rotatable bonds is 4. The molecule has 2 heterocycles. The van der Waals surface area contributed by atoms with Gasteiger partial charge in [0.25, 0.3) is 0 Å². The first kappa shape index (κ1) is 11.8. The zero-order valence-corrected chi connectivity index (χ0v) is 10.6. The van der Waals surface area contributed by atoms with E-state index in [1.165, 1.54) is 0 Å². The van der Waals surface area contributed by atoms with Crippen molar-refractivity contribution in [3.63, 3.8) is 0 Å². The maximum Gasteiger partial charge on any atom is 0.122 e. The Labute approximate surface area is 101 Å². The third-order valence-electron chi connectivity index (χ3n) is 3.19. The second-order valence-corrected chi connectivity index (χ2v) is 4.26. The summed E-state index contributed by atoms with van der Waals surface area (Å²) in [7, 11) is 0. The van der Waals surface area contributed by atoms with E-state index in [1.807, 2.05) is 23.7 Å². The number of hydrogen-bond acceptors (Lipinski definition) is 3. The SMILES string of the molecule is CCC(CC)n1nc(-c2ccoc2C)cc1N. The second kappa shape index (κ2) is 4.65. The first-order chi connectivity index (χ1) is 8.17. The van der Waals surface area contributed by atoms with Crippen LogP contribution in [0.1, 0.15) is 38.5 Å². The predicted molar refractivity (Wildman–Crippen MR) is 68.7 cm³/mol. The van der Waals surface area contributed by atoms with Gasteiger partial charge in [0.2, 0.25) is 0 Å². The lowest BCUT2D eigenvalue weighted by molar-refractivity contribution is 0.435. The highest BCUT2D eigenvalue weighted by atomic mass is 16.3. The minimum Gasteiger partial charge on any atom is -0.469 e. The molecule has 2 rings (SSSR count). The van der Waals surface area contributed by atoms with Gasteiger partial charge in [-0.05, 0) is 25.8 Å². The maximum atomic E-state index is 6.02. The van der Waals surface area contributed by atoms with Crippen molar-refractivity contribution < 1.29 is 4.42 Å². The Morgan fingerprint density at radius 1 is 1.41 bits per heavy atom. The van der Waals surface area contributed by atoms with Crippen molar-refractivity contribution in [2.75, 3.05) is 5.73 Å². The third-order valence-corrected chi connectivity index (χ3v) is 3.19. The lowest BCUT2D eigenvalue weighted by Gasteiger charge is -2.14. The van der Waals surface area contributed by atoms with Gasteiger partial charge in [0.1, 0.15) is 11.6 Å². The molecular formula is C13H19N3O. The smallest absolute Gasteiger partial charge is 0.122 e. The van der Waals surface area contributed by atoms with Crippen LogP contribution in [0.5, 0.6) is 0 Å². The van der Waals surface area contributed by atoms with Crippen molar-refractivity contribution in [2.45, 2.75) is 39.7 Å². The summed E-state index contributed by atoms with van der Waals surface area (Å²) in [6, 6.07) is 4.21. The zero-order valence-electron chi connectivity index (χ0n) is 10.6. The van der Waals surface area contributed by atoms with E-state index in [0.717, 1.165) is 29.9 Å². The highest BCUT2D eigenvalue weighted by Crippen LogP contribution is 2.27. The Bertz CT molecular complexity index is 494. The molecule has 0 fully saturated rings. The van der Waals surface area contributed by atoms with Gasteiger partial charge >= 0.3 is 0 Å². The monoisotopic (exact) mass is 233 g/mol. The number of nitrogens with zero attached hydrogens (tertiary/aromatic N) is 2. The zero-order chi connectivity index (χ0) is 12.4. The van der Waals surface area contributed by atoms with Crippen LogP contribution in [0.3, 0.4) is 0 Å². The van der Waals surface area contributed by atoms with Crippen LogP contribution in [0.2, 0.25) is 0 Å². The molecule has 0 saturated carbocycles. The summed E-state index contributed by atoms with van der Waals surface area (Å²) >= 11 is 0. The van der Waals surface area contributed by atoms with E-state index >= 15 is 0 Å². The number of anilines is 1. The van der Waals surface area contributed by atoms with Crippen LogP contribution in [-0.2, 0) is 0 Å². The summed E-state index contributed by atoms with van der Waals surface area (Å²) in [6.07, 6.45) is 3.75. The van der Waals surface area contributed by atoms with Gasteiger partial charge in [-0.3, -0.25) is 0 Å². The van der Waals surface area contributed by atoms with Crippen LogP contribution in [0.15, 0.2) is 22.8 Å². The fourth-order valence-corrected chi connectivity index (χ4v) is 2.12. The standard InChI is InChI=1S/C13H19N3O/c1-4-10(5-2)16-13(14)8-12(15-16)11-6-7-17-9(11)3/h6-8,10H,4-5,14H2,1-3H3. The van der Waals surface area contributed by atoms with Gasteiger partial charge in [0.15, 0.2) is 0 Å². The highest BCUT2D eigenvalue weighted by Gasteiger charge is 2.15. The number of furan rings is 1. The summed E-state index contributed by atoms with van der Waals surface area (Å²) in [5.41, 5.74) is 7.92. The molecule has 2 aromatic rings. The maximum absolute atomic E-state index is 6.02. The third kappa shape index (κ3) is 2.07. The van der Waals surface area contributed by atoms with Gasteiger partial charge in [-0.1, -0.05) is 13.8 Å². The van der Waals surface area contributed by atoms with Crippen molar-refractivity contribution in [1.82, 2.24) is 9.78 Å². The number of nitrogen functional groups attached to an aromatic ring is 1. The molecule has 4 heteroatoms. The molecule has 0 aliphatic heterocycles. The predicted octanol–water partition coefficient (Wildman–Crippen LogP) is 3.39. The Balaban J connectivity index is 2.40. The van der Waals surface area contributed by atoms with Gasteiger partial charge < -0.3 is 10.2 Å². The summed E-state index contributed by atoms with van der Waals surface area (Å²) in [5.74, 6) is 1.59. The quantitative estimate of drug-likeness (QED) is 0.880. The topological polar surface area (TPSA) is 57.0 Å². The summed E-state index contributed by atoms with van der Waals surface area (Å²) < 4.78 is 7.21. The molecule has 2 aromatic heterocycles. The Morgan fingerprint density at radius 3 is 2.65 bits per heavy atom. The van der Waals surface area contributed by atoms with E-state index in [1.54, 1.807) is 6.26 Å². The van der Waals surface area contributed by atoms with Crippen molar-refractivity contribution in [3.8, 4) is 11.3 Å². The molecule has 92 valence electrons. The van der Waals surface area contributed by atoms with Crippen LogP contribution < -0.4 is 5.73 Å². The summed E-state index contributed by atoms with van der Waals surface area (Å²) in [4.78, 5) is 0. The molecule has 0 saturated heterocycles. The van der Waals surface area contributed by atoms with E-state index in [9.17, 15) is 0 Å². The molecule has 0 unspecified atom stereocenters. The lowest BCUT2D eigenvalue weighted by atomic mass is 10.2. The summed E-state index contributed by atoms with van der Waals surface area (Å²) in [5, 5.41) is 4.59. The second-order valence-electron chi connectivity index (χ2n) is 4.26. The van der Waals surface area contributed by atoms with Gasteiger partial charge in [0.05, 0.1) is 18.0 Å². The van der Waals surface area contributed by atoms with E-state index in [2.05, 4.69) is 18.9 Å². The van der Waals surface area contributed by atoms with Gasteiger partial charge in [-0.25, -0.2) is 4.68 Å². The molecule has 0 radical (unpaired) electrons. The Morgan fingerprint density at radius 2 is 2.12 bits per heavy atom. The first-order valence-electron chi connectivity index (χ1n) is 6.06. The fraction of sp³-hybridized carbons (Fsp3) is 0.462. The molecule has 0 atom stereocenters. The van der Waals surface area contributed by atoms with E-state index in [-0.39, 0.29) is 0 Å². The molecular weight excluding hydrogens is 214 g/mol. The molecule has 17 heavy (non-hydrogen) atoms. The average molecular weight is 233 g/mol. The molecule has 0 amide bonds. The van der Waals surface area contributed by atoms with E-state index in [0.29, 0.717) is 11.9 Å². The molecule has 0 aliphatic rings. The first-order valence-corrected chi connectivity index (χ1v) is 6.06. The summed E-state index contributed by atoms with van der Waals surface area (Å²) in [6.45, 7) is 6.23. The molecule has 2 N–H and O–H groups in total. The van der Waals surface area contributed by atoms with Crippen LogP contribution >= 0.6 is 0 Å². The van der Waals surface area contributed by atoms with Gasteiger partial charge in [0, 0.05) is 11.6 Å². The minimum absolute atomic E-state index is 0.371. The molecule has 0 spiro atoms. The van der Waals surface area contributed by atoms with Crippen LogP contribution in [0.25, 0.3) is 11.3 Å². The Hall–Kier alpha value is -1.71. The minimum atomic E-state index is 0.371. The molecule has 4 nitrogen and oxygen atoms in total. The van der Waals surface area contributed by atoms with E-state index in [4.69, 9.17) is 10.2 Å². The van der Waals surface area contributed by atoms with Crippen LogP contribution in [-0.4, -0.2) is 9.78 Å². The van der Waals surface area contributed by atoms with Crippen LogP contribution in [0, 0.1) is 6.92 Å². The average Bonchev–Trinajstić information content (AvgIpc) is 2.88. The van der Waals surface area contributed by atoms with Crippen molar-refractivity contribution in [2.24, 2.45) is 0 Å². The molecule has 0 bridgehead atoms. The van der Waals surface area contributed by atoms with Gasteiger partial charge in [-0.15, -0.1) is 0 Å². The lowest BCUT2D eigenvalue weighted by Crippen LogP contribution is -2.11. The van der Waals surface area contributed by atoms with Crippen molar-refractivity contribution in [3.05, 3.63) is 24.2 Å². The van der Waals surface area contributed by atoms with Crippen LogP contribution in [0.4, 0.5) is 5.82 Å². The Kier molecular flexibility index (Phi) is 3.22. The number of aryl methyl sites for hydroxylation is 1.